The number of sulfone groups is 1. The molecule has 1 aliphatic rings. The van der Waals surface area contributed by atoms with E-state index in [0.29, 0.717) is 19.3 Å². The molecule has 0 spiro atoms. The van der Waals surface area contributed by atoms with E-state index in [4.69, 9.17) is 9.52 Å². The number of carboxylic acid groups (broad SMARTS) is 1. The molecule has 0 unspecified atom stereocenters. The first kappa shape index (κ1) is 18.2. The van der Waals surface area contributed by atoms with Crippen molar-refractivity contribution in [2.24, 2.45) is 5.92 Å². The summed E-state index contributed by atoms with van der Waals surface area (Å²) in [6.07, 6.45) is 2.72. The predicted molar refractivity (Wildman–Crippen MR) is 92.3 cm³/mol. The highest BCUT2D eigenvalue weighted by Gasteiger charge is 2.32. The molecule has 3 rings (SSSR count). The Morgan fingerprint density at radius 2 is 1.88 bits per heavy atom. The highest BCUT2D eigenvalue weighted by atomic mass is 32.2. The highest BCUT2D eigenvalue weighted by molar-refractivity contribution is 7.90. The Bertz CT molecular complexity index is 903. The van der Waals surface area contributed by atoms with Gasteiger partial charge in [-0.3, -0.25) is 9.59 Å². The summed E-state index contributed by atoms with van der Waals surface area (Å²) < 4.78 is 30.2. The maximum absolute atomic E-state index is 12.5. The van der Waals surface area contributed by atoms with E-state index in [1.807, 2.05) is 0 Å². The van der Waals surface area contributed by atoms with Crippen molar-refractivity contribution in [3.63, 3.8) is 0 Å². The smallest absolute Gasteiger partial charge is 0.306 e. The van der Waals surface area contributed by atoms with Crippen molar-refractivity contribution < 1.29 is 27.5 Å². The topological polar surface area (TPSA) is 114 Å². The van der Waals surface area contributed by atoms with Gasteiger partial charge in [0.25, 0.3) is 5.91 Å². The lowest BCUT2D eigenvalue weighted by molar-refractivity contribution is -0.141. The Hall–Kier alpha value is -2.61. The zero-order valence-corrected chi connectivity index (χ0v) is 14.7. The number of rotatable bonds is 6. The molecular weight excluding hydrogens is 358 g/mol. The summed E-state index contributed by atoms with van der Waals surface area (Å²) in [6, 6.07) is 9.20. The van der Waals surface area contributed by atoms with Crippen LogP contribution in [0.15, 0.2) is 52.0 Å². The van der Waals surface area contributed by atoms with Gasteiger partial charge in [0.05, 0.1) is 22.8 Å². The fraction of sp³-hybridized carbons (Fsp3) is 0.333. The van der Waals surface area contributed by atoms with E-state index in [0.717, 1.165) is 0 Å². The van der Waals surface area contributed by atoms with Crippen molar-refractivity contribution in [2.75, 3.05) is 0 Å². The monoisotopic (exact) mass is 377 g/mol. The number of aliphatic carboxylic acids is 1. The van der Waals surface area contributed by atoms with Crippen LogP contribution >= 0.6 is 0 Å². The van der Waals surface area contributed by atoms with Gasteiger partial charge in [-0.2, -0.15) is 0 Å². The first-order chi connectivity index (χ1) is 12.4. The summed E-state index contributed by atoms with van der Waals surface area (Å²) in [5.74, 6) is -2.25. The summed E-state index contributed by atoms with van der Waals surface area (Å²) in [5, 5.41) is 11.8. The van der Waals surface area contributed by atoms with Crippen LogP contribution in [0.2, 0.25) is 0 Å². The lowest BCUT2D eigenvalue weighted by Gasteiger charge is -2.12. The molecule has 0 bridgehead atoms. The third-order valence-electron chi connectivity index (χ3n) is 4.52. The van der Waals surface area contributed by atoms with Crippen molar-refractivity contribution in [3.8, 4) is 0 Å². The summed E-state index contributed by atoms with van der Waals surface area (Å²) in [6.45, 7) is 0. The molecule has 2 atom stereocenters. The summed E-state index contributed by atoms with van der Waals surface area (Å²) in [5.41, 5.74) is 0.277. The van der Waals surface area contributed by atoms with Crippen LogP contribution in [-0.2, 0) is 20.4 Å². The minimum Gasteiger partial charge on any atom is -0.481 e. The van der Waals surface area contributed by atoms with E-state index in [9.17, 15) is 18.0 Å². The fourth-order valence-electron chi connectivity index (χ4n) is 3.15. The molecule has 26 heavy (non-hydrogen) atoms. The Labute approximate surface area is 150 Å². The van der Waals surface area contributed by atoms with Gasteiger partial charge < -0.3 is 14.8 Å². The molecule has 0 saturated heterocycles. The molecule has 138 valence electrons. The summed E-state index contributed by atoms with van der Waals surface area (Å²) >= 11 is 0. The predicted octanol–water partition coefficient (Wildman–Crippen LogP) is 2.24. The lowest BCUT2D eigenvalue weighted by Crippen LogP contribution is -2.33. The average Bonchev–Trinajstić information content (AvgIpc) is 3.25. The Morgan fingerprint density at radius 1 is 1.15 bits per heavy atom. The number of benzene rings is 1. The first-order valence-electron chi connectivity index (χ1n) is 8.24. The van der Waals surface area contributed by atoms with Crippen LogP contribution in [0.25, 0.3) is 0 Å². The van der Waals surface area contributed by atoms with E-state index in [-0.39, 0.29) is 28.0 Å². The molecule has 1 amide bonds. The molecule has 0 aliphatic heterocycles. The van der Waals surface area contributed by atoms with Crippen LogP contribution in [-0.4, -0.2) is 31.4 Å². The van der Waals surface area contributed by atoms with Crippen molar-refractivity contribution in [1.29, 1.82) is 0 Å². The largest absolute Gasteiger partial charge is 0.481 e. The minimum atomic E-state index is -3.60. The maximum Gasteiger partial charge on any atom is 0.306 e. The van der Waals surface area contributed by atoms with Crippen molar-refractivity contribution >= 4 is 21.7 Å². The summed E-state index contributed by atoms with van der Waals surface area (Å²) in [4.78, 5) is 23.6. The van der Waals surface area contributed by atoms with Crippen LogP contribution in [0.3, 0.4) is 0 Å². The zero-order valence-electron chi connectivity index (χ0n) is 13.9. The number of carboxylic acids is 1. The first-order valence-corrected chi connectivity index (χ1v) is 9.90. The zero-order chi connectivity index (χ0) is 18.7. The second-order valence-corrected chi connectivity index (χ2v) is 8.36. The summed E-state index contributed by atoms with van der Waals surface area (Å²) in [7, 11) is -3.60. The van der Waals surface area contributed by atoms with Crippen molar-refractivity contribution in [2.45, 2.75) is 36.0 Å². The standard InChI is InChI=1S/C18H19NO6S/c20-17(19-14-7-6-12(10-14)18(21)22)16-13(8-9-25-16)11-26(23,24)15-4-2-1-3-5-15/h1-5,8-9,12,14H,6-7,10-11H2,(H,19,20)(H,21,22)/t12-,14+/m0/s1. The number of hydrogen-bond donors (Lipinski definition) is 2. The molecular formula is C18H19NO6S. The van der Waals surface area contributed by atoms with Crippen LogP contribution < -0.4 is 5.32 Å². The quantitative estimate of drug-likeness (QED) is 0.798. The second-order valence-electron chi connectivity index (χ2n) is 6.37. The number of carbonyl (C=O) groups excluding carboxylic acids is 1. The number of hydrogen-bond acceptors (Lipinski definition) is 5. The van der Waals surface area contributed by atoms with Gasteiger partial charge in [0.2, 0.25) is 0 Å². The van der Waals surface area contributed by atoms with Gasteiger partial charge in [-0.05, 0) is 37.5 Å². The van der Waals surface area contributed by atoms with Gasteiger partial charge in [0.1, 0.15) is 0 Å². The van der Waals surface area contributed by atoms with Gasteiger partial charge in [0.15, 0.2) is 15.6 Å². The van der Waals surface area contributed by atoms with Crippen LogP contribution in [0, 0.1) is 5.92 Å². The molecule has 1 aromatic carbocycles. The molecule has 0 radical (unpaired) electrons. The molecule has 8 heteroatoms. The van der Waals surface area contributed by atoms with E-state index in [2.05, 4.69) is 5.32 Å². The Balaban J connectivity index is 1.71. The number of amides is 1. The molecule has 2 N–H and O–H groups in total. The van der Waals surface area contributed by atoms with Gasteiger partial charge in [-0.25, -0.2) is 8.42 Å². The van der Waals surface area contributed by atoms with Gasteiger partial charge >= 0.3 is 5.97 Å². The Kier molecular flexibility index (Phi) is 5.13. The van der Waals surface area contributed by atoms with Gasteiger partial charge in [-0.15, -0.1) is 0 Å². The lowest BCUT2D eigenvalue weighted by atomic mass is 10.1. The molecule has 1 fully saturated rings. The highest BCUT2D eigenvalue weighted by Crippen LogP contribution is 2.26. The molecule has 1 aromatic heterocycles. The van der Waals surface area contributed by atoms with Crippen molar-refractivity contribution in [1.82, 2.24) is 5.32 Å². The number of nitrogens with one attached hydrogen (secondary N) is 1. The normalized spacial score (nSPS) is 20.0. The number of carbonyl (C=O) groups is 2. The van der Waals surface area contributed by atoms with Crippen LogP contribution in [0.1, 0.15) is 35.4 Å². The van der Waals surface area contributed by atoms with Gasteiger partial charge in [-0.1, -0.05) is 18.2 Å². The second kappa shape index (κ2) is 7.33. The van der Waals surface area contributed by atoms with Gasteiger partial charge in [0, 0.05) is 11.6 Å². The fourth-order valence-corrected chi connectivity index (χ4v) is 4.53. The average molecular weight is 377 g/mol. The van der Waals surface area contributed by atoms with Crippen LogP contribution in [0.5, 0.6) is 0 Å². The Morgan fingerprint density at radius 3 is 2.54 bits per heavy atom. The SMILES string of the molecule is O=C(N[C@@H]1CC[C@H](C(=O)O)C1)c1occc1CS(=O)(=O)c1ccccc1. The van der Waals surface area contributed by atoms with E-state index < -0.39 is 27.6 Å². The maximum atomic E-state index is 12.5. The minimum absolute atomic E-state index is 0.0525. The molecule has 1 heterocycles. The molecule has 2 aromatic rings. The van der Waals surface area contributed by atoms with Crippen molar-refractivity contribution in [3.05, 3.63) is 54.0 Å². The van der Waals surface area contributed by atoms with E-state index >= 15 is 0 Å². The molecule has 7 nitrogen and oxygen atoms in total. The van der Waals surface area contributed by atoms with E-state index in [1.54, 1.807) is 18.2 Å². The third-order valence-corrected chi connectivity index (χ3v) is 6.20. The number of furan rings is 1. The van der Waals surface area contributed by atoms with E-state index in [1.165, 1.54) is 24.5 Å². The molecule has 1 saturated carbocycles. The third kappa shape index (κ3) is 3.96. The van der Waals surface area contributed by atoms with Crippen LogP contribution in [0.4, 0.5) is 0 Å². The molecule has 1 aliphatic carbocycles.